The third-order valence-electron chi connectivity index (χ3n) is 5.87. The highest BCUT2D eigenvalue weighted by Gasteiger charge is 2.35. The number of nitrogens with one attached hydrogen (secondary N) is 2. The van der Waals surface area contributed by atoms with Crippen molar-refractivity contribution in [1.29, 1.82) is 0 Å². The molecule has 178 valence electrons. The Balaban J connectivity index is 1.43. The van der Waals surface area contributed by atoms with E-state index < -0.39 is 12.2 Å². The fraction of sp³-hybridized carbons (Fsp3) is 0.417. The minimum atomic E-state index is -0.710. The lowest BCUT2D eigenvalue weighted by molar-refractivity contribution is -0.130. The maximum atomic E-state index is 13.4. The van der Waals surface area contributed by atoms with Crippen LogP contribution in [0.1, 0.15) is 32.7 Å². The molecule has 0 unspecified atom stereocenters. The number of carbonyl (C=O) groups excluding carboxylic acids is 1. The van der Waals surface area contributed by atoms with Crippen molar-refractivity contribution in [1.82, 2.24) is 19.9 Å². The number of halogens is 1. The first kappa shape index (κ1) is 22.8. The zero-order valence-corrected chi connectivity index (χ0v) is 19.7. The van der Waals surface area contributed by atoms with Crippen molar-refractivity contribution < 1.29 is 14.3 Å². The van der Waals surface area contributed by atoms with Crippen molar-refractivity contribution in [3.8, 4) is 11.1 Å². The van der Waals surface area contributed by atoms with Crippen LogP contribution >= 0.6 is 11.6 Å². The Morgan fingerprint density at radius 2 is 2.03 bits per heavy atom. The Morgan fingerprint density at radius 3 is 2.76 bits per heavy atom. The smallest absolute Gasteiger partial charge is 0.260 e. The fourth-order valence-corrected chi connectivity index (χ4v) is 4.35. The summed E-state index contributed by atoms with van der Waals surface area (Å²) in [5, 5.41) is 7.25. The summed E-state index contributed by atoms with van der Waals surface area (Å²) in [5.74, 6) is 0.138. The molecule has 1 aliphatic heterocycles. The largest absolute Gasteiger partial charge is 0.352 e. The van der Waals surface area contributed by atoms with Gasteiger partial charge in [-0.15, -0.1) is 0 Å². The second kappa shape index (κ2) is 9.32. The van der Waals surface area contributed by atoms with E-state index in [9.17, 15) is 9.59 Å². The summed E-state index contributed by atoms with van der Waals surface area (Å²) < 4.78 is 12.8. The summed E-state index contributed by atoms with van der Waals surface area (Å²) in [7, 11) is 0. The van der Waals surface area contributed by atoms with Crippen LogP contribution in [0.25, 0.3) is 22.2 Å². The highest BCUT2D eigenvalue weighted by molar-refractivity contribution is 6.33. The number of hydrogen-bond donors (Lipinski definition) is 2. The number of ether oxygens (including phenoxy) is 2. The lowest BCUT2D eigenvalue weighted by Crippen LogP contribution is -2.45. The van der Waals surface area contributed by atoms with Crippen molar-refractivity contribution in [2.75, 3.05) is 18.7 Å². The number of carbonyl (C=O) groups is 1. The molecule has 0 radical (unpaired) electrons. The number of amides is 1. The molecule has 1 aromatic carbocycles. The topological polar surface area (TPSA) is 107 Å². The summed E-state index contributed by atoms with van der Waals surface area (Å²) in [5.41, 5.74) is 1.67. The number of nitrogens with zero attached hydrogens (tertiary/aromatic N) is 3. The monoisotopic (exact) mass is 483 g/mol. The van der Waals surface area contributed by atoms with Gasteiger partial charge in [0.1, 0.15) is 18.5 Å². The second-order valence-corrected chi connectivity index (χ2v) is 9.28. The van der Waals surface area contributed by atoms with Gasteiger partial charge in [-0.2, -0.15) is 4.98 Å². The summed E-state index contributed by atoms with van der Waals surface area (Å²) in [6.45, 7) is 4.11. The predicted octanol–water partition coefficient (Wildman–Crippen LogP) is 3.12. The van der Waals surface area contributed by atoms with Crippen molar-refractivity contribution in [2.24, 2.45) is 0 Å². The number of anilines is 1. The van der Waals surface area contributed by atoms with Crippen molar-refractivity contribution in [3.63, 3.8) is 0 Å². The van der Waals surface area contributed by atoms with Gasteiger partial charge in [-0.25, -0.2) is 4.98 Å². The van der Waals surface area contributed by atoms with Gasteiger partial charge < -0.3 is 20.1 Å². The first-order valence-electron chi connectivity index (χ1n) is 11.4. The molecule has 2 atom stereocenters. The van der Waals surface area contributed by atoms with Crippen LogP contribution in [0, 0.1) is 0 Å². The molecule has 10 heteroatoms. The quantitative estimate of drug-likeness (QED) is 0.531. The normalized spacial score (nSPS) is 20.1. The maximum absolute atomic E-state index is 13.4. The van der Waals surface area contributed by atoms with Crippen LogP contribution in [0.2, 0.25) is 5.02 Å². The summed E-state index contributed by atoms with van der Waals surface area (Å²) >= 11 is 6.38. The minimum Gasteiger partial charge on any atom is -0.352 e. The van der Waals surface area contributed by atoms with Gasteiger partial charge in [-0.1, -0.05) is 29.8 Å². The molecule has 2 aliphatic rings. The Labute approximate surface area is 201 Å². The average Bonchev–Trinajstić information content (AvgIpc) is 3.53. The van der Waals surface area contributed by atoms with Crippen LogP contribution in [-0.2, 0) is 14.3 Å². The molecular weight excluding hydrogens is 458 g/mol. The van der Waals surface area contributed by atoms with E-state index in [0.717, 1.165) is 18.2 Å². The fourth-order valence-electron chi connectivity index (χ4n) is 4.11. The molecule has 2 aromatic heterocycles. The average molecular weight is 484 g/mol. The maximum Gasteiger partial charge on any atom is 0.260 e. The molecule has 5 rings (SSSR count). The summed E-state index contributed by atoms with van der Waals surface area (Å²) in [6.07, 6.45) is 2.35. The molecule has 2 N–H and O–H groups in total. The minimum absolute atomic E-state index is 0.00365. The molecule has 1 amide bonds. The van der Waals surface area contributed by atoms with Gasteiger partial charge >= 0.3 is 0 Å². The SMILES string of the molecule is CC(C)NC(=O)[C@@H]1OCO[C@H]1CNc1ncc2cc(-c3ccccc3Cl)c(=O)n(C3CC3)c2n1. The Morgan fingerprint density at radius 1 is 1.24 bits per heavy atom. The van der Waals surface area contributed by atoms with E-state index in [1.807, 2.05) is 32.0 Å². The van der Waals surface area contributed by atoms with Gasteiger partial charge in [0, 0.05) is 46.4 Å². The first-order chi connectivity index (χ1) is 16.4. The third kappa shape index (κ3) is 4.51. The number of benzene rings is 1. The van der Waals surface area contributed by atoms with E-state index in [1.165, 1.54) is 0 Å². The van der Waals surface area contributed by atoms with Crippen molar-refractivity contribution in [2.45, 2.75) is 51.0 Å². The Hall–Kier alpha value is -3.01. The van der Waals surface area contributed by atoms with Gasteiger partial charge in [-0.3, -0.25) is 14.2 Å². The Bertz CT molecular complexity index is 1290. The van der Waals surface area contributed by atoms with E-state index in [1.54, 1.807) is 22.9 Å². The van der Waals surface area contributed by atoms with E-state index in [2.05, 4.69) is 20.6 Å². The lowest BCUT2D eigenvalue weighted by atomic mass is 10.1. The van der Waals surface area contributed by atoms with Gasteiger partial charge in [0.25, 0.3) is 11.5 Å². The highest BCUT2D eigenvalue weighted by Crippen LogP contribution is 2.37. The molecule has 0 bridgehead atoms. The van der Waals surface area contributed by atoms with E-state index in [0.29, 0.717) is 27.7 Å². The molecule has 0 spiro atoms. The zero-order valence-electron chi connectivity index (χ0n) is 19.0. The summed E-state index contributed by atoms with van der Waals surface area (Å²) in [6, 6.07) is 9.22. The number of fused-ring (bicyclic) bond motifs is 1. The molecule has 3 aromatic rings. The standard InChI is InChI=1S/C24H26ClN5O4/c1-13(2)28-22(31)20-19(33-12-34-20)11-27-24-26-10-14-9-17(16-5-3-4-6-18(16)25)23(32)30(15-7-8-15)21(14)29-24/h3-6,9-10,13,15,19-20H,7-8,11-12H2,1-2H3,(H,28,31)(H,26,27,29)/t19-,20+/m0/s1. The second-order valence-electron chi connectivity index (χ2n) is 8.87. The number of rotatable bonds is 7. The highest BCUT2D eigenvalue weighted by atomic mass is 35.5. The van der Waals surface area contributed by atoms with E-state index >= 15 is 0 Å². The molecule has 1 saturated heterocycles. The zero-order chi connectivity index (χ0) is 23.8. The first-order valence-corrected chi connectivity index (χ1v) is 11.7. The van der Waals surface area contributed by atoms with Crippen LogP contribution in [0.4, 0.5) is 5.95 Å². The van der Waals surface area contributed by atoms with Gasteiger partial charge in [0.2, 0.25) is 5.95 Å². The lowest BCUT2D eigenvalue weighted by Gasteiger charge is -2.19. The van der Waals surface area contributed by atoms with Crippen LogP contribution in [-0.4, -0.2) is 52.0 Å². The summed E-state index contributed by atoms with van der Waals surface area (Å²) in [4.78, 5) is 34.9. The van der Waals surface area contributed by atoms with Crippen LogP contribution in [0.5, 0.6) is 0 Å². The Kier molecular flexibility index (Phi) is 6.24. The van der Waals surface area contributed by atoms with Gasteiger partial charge in [0.15, 0.2) is 6.10 Å². The van der Waals surface area contributed by atoms with Crippen LogP contribution in [0.15, 0.2) is 41.3 Å². The molecule has 9 nitrogen and oxygen atoms in total. The molecule has 2 fully saturated rings. The molecule has 1 saturated carbocycles. The molecule has 34 heavy (non-hydrogen) atoms. The van der Waals surface area contributed by atoms with E-state index in [-0.39, 0.29) is 36.9 Å². The van der Waals surface area contributed by atoms with Crippen LogP contribution < -0.4 is 16.2 Å². The van der Waals surface area contributed by atoms with Crippen molar-refractivity contribution >= 4 is 34.5 Å². The van der Waals surface area contributed by atoms with Gasteiger partial charge in [-0.05, 0) is 38.8 Å². The molecular formula is C24H26ClN5O4. The third-order valence-corrected chi connectivity index (χ3v) is 6.20. The van der Waals surface area contributed by atoms with Crippen LogP contribution in [0.3, 0.4) is 0 Å². The predicted molar refractivity (Wildman–Crippen MR) is 129 cm³/mol. The van der Waals surface area contributed by atoms with Crippen molar-refractivity contribution in [3.05, 3.63) is 51.9 Å². The van der Waals surface area contributed by atoms with Gasteiger partial charge in [0.05, 0.1) is 0 Å². The number of pyridine rings is 1. The number of aromatic nitrogens is 3. The number of hydrogen-bond acceptors (Lipinski definition) is 7. The molecule has 1 aliphatic carbocycles. The van der Waals surface area contributed by atoms with E-state index in [4.69, 9.17) is 21.1 Å². The molecule has 3 heterocycles.